The Morgan fingerprint density at radius 3 is 1.92 bits per heavy atom. The summed E-state index contributed by atoms with van der Waals surface area (Å²) in [6.07, 6.45) is -6.53. The zero-order valence-corrected chi connectivity index (χ0v) is 57.3. The SMILES string of the molecule is CN(CCN1CCC(N(C(=O)O)c2ccccc2-c2ccccc2)CC1)C(=O)CCCNc1ccc(C(=O)N(C)CCCN(C)C(=O)CO[C@H]2Cc3ccccc3C23CCN(CC[C@@]2(c4ccc(F)cc4)CN(C(=O)c4cc(C(F)(F)F)cc(C(F)(F)F)c4)CO2)CC3)cc1.Cl.Cl.Cl. The van der Waals surface area contributed by atoms with Gasteiger partial charge in [-0.15, -0.1) is 37.2 Å². The second kappa shape index (κ2) is 34.0. The highest BCUT2D eigenvalue weighted by atomic mass is 35.5. The number of anilines is 2. The Hall–Kier alpha value is -7.51. The molecule has 1 spiro atoms. The van der Waals surface area contributed by atoms with E-state index in [2.05, 4.69) is 27.2 Å². The third-order valence-corrected chi connectivity index (χ3v) is 19.3. The maximum Gasteiger partial charge on any atom is 0.416 e. The Labute approximate surface area is 585 Å². The van der Waals surface area contributed by atoms with Crippen LogP contribution in [0.4, 0.5) is 46.9 Å². The molecule has 1 aliphatic carbocycles. The average molecular weight is 1430 g/mol. The first-order valence-corrected chi connectivity index (χ1v) is 32.3. The summed E-state index contributed by atoms with van der Waals surface area (Å²) >= 11 is 0. The second-order valence-corrected chi connectivity index (χ2v) is 25.4. The number of alkyl halides is 6. The number of halogens is 10. The van der Waals surface area contributed by atoms with Crippen LogP contribution in [0.1, 0.15) is 99.9 Å². The second-order valence-electron chi connectivity index (χ2n) is 25.4. The largest absolute Gasteiger partial charge is 0.465 e. The van der Waals surface area contributed by atoms with E-state index in [4.69, 9.17) is 9.47 Å². The van der Waals surface area contributed by atoms with Gasteiger partial charge in [-0.3, -0.25) is 24.1 Å². The van der Waals surface area contributed by atoms with Crippen molar-refractivity contribution in [3.05, 3.63) is 190 Å². The average Bonchev–Trinajstić information content (AvgIpc) is 1.59. The predicted molar refractivity (Wildman–Crippen MR) is 368 cm³/mol. The molecule has 3 heterocycles. The van der Waals surface area contributed by atoms with Gasteiger partial charge in [-0.05, 0) is 147 Å². The first kappa shape index (κ1) is 77.8. The topological polar surface area (TPSA) is 159 Å². The third-order valence-electron chi connectivity index (χ3n) is 19.3. The van der Waals surface area contributed by atoms with Gasteiger partial charge < -0.3 is 49.3 Å². The molecule has 530 valence electrons. The highest BCUT2D eigenvalue weighted by Crippen LogP contribution is 2.49. The number of fused-ring (bicyclic) bond motifs is 2. The minimum atomic E-state index is -5.15. The van der Waals surface area contributed by atoms with Crippen LogP contribution >= 0.6 is 37.2 Å². The maximum absolute atomic E-state index is 14.2. The number of carbonyl (C=O) groups excluding carboxylic acids is 4. The summed E-state index contributed by atoms with van der Waals surface area (Å²) in [5, 5.41) is 13.7. The van der Waals surface area contributed by atoms with Crippen molar-refractivity contribution in [1.29, 1.82) is 0 Å². The van der Waals surface area contributed by atoms with Gasteiger partial charge in [0.25, 0.3) is 11.8 Å². The molecular formula is C72H84Cl3F7N8O8. The Morgan fingerprint density at radius 1 is 0.663 bits per heavy atom. The van der Waals surface area contributed by atoms with Crippen LogP contribution in [0.25, 0.3) is 11.1 Å². The van der Waals surface area contributed by atoms with E-state index in [1.54, 1.807) is 40.9 Å². The van der Waals surface area contributed by atoms with Gasteiger partial charge >= 0.3 is 18.4 Å². The third kappa shape index (κ3) is 18.7. The van der Waals surface area contributed by atoms with Crippen LogP contribution < -0.4 is 10.2 Å². The minimum absolute atomic E-state index is 0. The van der Waals surface area contributed by atoms with Crippen molar-refractivity contribution in [3.63, 3.8) is 0 Å². The number of hydrogen-bond acceptors (Lipinski definition) is 10. The number of piperidine rings is 2. The lowest BCUT2D eigenvalue weighted by atomic mass is 9.72. The number of nitrogens with one attached hydrogen (secondary N) is 1. The Kier molecular flexibility index (Phi) is 27.0. The van der Waals surface area contributed by atoms with Gasteiger partial charge in [0.2, 0.25) is 11.8 Å². The number of likely N-dealkylation sites (N-methyl/N-ethyl adjacent to an activating group) is 2. The summed E-state index contributed by atoms with van der Waals surface area (Å²) < 4.78 is 110. The van der Waals surface area contributed by atoms with Crippen molar-refractivity contribution in [2.45, 2.75) is 93.3 Å². The lowest BCUT2D eigenvalue weighted by Gasteiger charge is -2.44. The molecule has 3 saturated heterocycles. The van der Waals surface area contributed by atoms with E-state index in [0.717, 1.165) is 45.9 Å². The fraction of sp³-hybridized carbons (Fsp3) is 0.431. The number of amides is 5. The first-order chi connectivity index (χ1) is 45.4. The van der Waals surface area contributed by atoms with E-state index in [1.165, 1.54) is 29.2 Å². The molecule has 2 N–H and O–H groups in total. The van der Waals surface area contributed by atoms with E-state index < -0.39 is 64.6 Å². The molecule has 10 rings (SSSR count). The molecule has 0 bridgehead atoms. The molecular weight excluding hydrogens is 1340 g/mol. The van der Waals surface area contributed by atoms with Crippen LogP contribution in [-0.4, -0.2) is 183 Å². The molecule has 26 heteroatoms. The summed E-state index contributed by atoms with van der Waals surface area (Å²) in [5.74, 6) is -1.94. The van der Waals surface area contributed by atoms with Crippen LogP contribution in [0.3, 0.4) is 0 Å². The summed E-state index contributed by atoms with van der Waals surface area (Å²) in [6, 6.07) is 38.8. The molecule has 3 aliphatic heterocycles. The quantitative estimate of drug-likeness (QED) is 0.0439. The zero-order chi connectivity index (χ0) is 67.7. The number of hydrogen-bond donors (Lipinski definition) is 2. The van der Waals surface area contributed by atoms with E-state index in [9.17, 15) is 59.8 Å². The van der Waals surface area contributed by atoms with Gasteiger partial charge in [-0.1, -0.05) is 84.9 Å². The fourth-order valence-corrected chi connectivity index (χ4v) is 13.8. The molecule has 0 unspecified atom stereocenters. The van der Waals surface area contributed by atoms with Gasteiger partial charge in [0.1, 0.15) is 24.8 Å². The molecule has 16 nitrogen and oxygen atoms in total. The molecule has 0 radical (unpaired) electrons. The summed E-state index contributed by atoms with van der Waals surface area (Å²) in [7, 11) is 5.24. The number of benzene rings is 6. The van der Waals surface area contributed by atoms with Crippen LogP contribution in [0.5, 0.6) is 0 Å². The Morgan fingerprint density at radius 2 is 1.27 bits per heavy atom. The Bertz CT molecular complexity index is 3630. The van der Waals surface area contributed by atoms with Crippen molar-refractivity contribution in [1.82, 2.24) is 29.4 Å². The van der Waals surface area contributed by atoms with E-state index >= 15 is 0 Å². The lowest BCUT2D eigenvalue weighted by molar-refractivity contribution is -0.143. The molecule has 0 aromatic heterocycles. The van der Waals surface area contributed by atoms with Gasteiger partial charge in [0.05, 0.1) is 29.5 Å². The van der Waals surface area contributed by atoms with E-state index in [1.807, 2.05) is 85.9 Å². The van der Waals surface area contributed by atoms with E-state index in [0.29, 0.717) is 133 Å². The molecule has 98 heavy (non-hydrogen) atoms. The zero-order valence-electron chi connectivity index (χ0n) is 54.9. The molecule has 6 aromatic rings. The normalized spacial score (nSPS) is 17.8. The number of nitrogens with zero attached hydrogens (tertiary/aromatic N) is 7. The molecule has 5 amide bonds. The minimum Gasteiger partial charge on any atom is -0.465 e. The van der Waals surface area contributed by atoms with Gasteiger partial charge in [0.15, 0.2) is 0 Å². The van der Waals surface area contributed by atoms with Gasteiger partial charge in [-0.2, -0.15) is 26.3 Å². The van der Waals surface area contributed by atoms with Crippen molar-refractivity contribution in [2.75, 3.05) is 117 Å². The summed E-state index contributed by atoms with van der Waals surface area (Å²) in [4.78, 5) is 78.7. The monoisotopic (exact) mass is 1430 g/mol. The molecule has 6 aromatic carbocycles. The smallest absolute Gasteiger partial charge is 0.416 e. The molecule has 2 atom stereocenters. The van der Waals surface area contributed by atoms with Crippen molar-refractivity contribution in [3.8, 4) is 11.1 Å². The highest BCUT2D eigenvalue weighted by Gasteiger charge is 2.50. The fourth-order valence-electron chi connectivity index (χ4n) is 13.8. The summed E-state index contributed by atoms with van der Waals surface area (Å²) in [6.45, 7) is 4.86. The predicted octanol–water partition coefficient (Wildman–Crippen LogP) is 13.4. The van der Waals surface area contributed by atoms with Crippen molar-refractivity contribution in [2.24, 2.45) is 0 Å². The van der Waals surface area contributed by atoms with Gasteiger partial charge in [0, 0.05) is 114 Å². The number of rotatable bonds is 24. The van der Waals surface area contributed by atoms with Crippen LogP contribution in [0.2, 0.25) is 0 Å². The number of likely N-dealkylation sites (tertiary alicyclic amines) is 2. The lowest BCUT2D eigenvalue weighted by Crippen LogP contribution is -2.50. The van der Waals surface area contributed by atoms with Crippen LogP contribution in [0, 0.1) is 5.82 Å². The van der Waals surface area contributed by atoms with Crippen molar-refractivity contribution < 1.29 is 69.3 Å². The highest BCUT2D eigenvalue weighted by molar-refractivity contribution is 5.96. The number of carboxylic acid groups (broad SMARTS) is 1. The van der Waals surface area contributed by atoms with E-state index in [-0.39, 0.29) is 92.7 Å². The first-order valence-electron chi connectivity index (χ1n) is 32.3. The Balaban J connectivity index is 0.00000451. The molecule has 4 aliphatic rings. The number of ether oxygens (including phenoxy) is 2. The van der Waals surface area contributed by atoms with Crippen molar-refractivity contribution >= 4 is 78.3 Å². The van der Waals surface area contributed by atoms with Gasteiger partial charge in [-0.25, -0.2) is 9.18 Å². The number of carbonyl (C=O) groups is 5. The standard InChI is InChI=1S/C72H81F7N8O8.3ClH/c1-81(34-12-35-83(3)66(90)51-20-26-58(27-21-51)80-33-11-19-64(88)82(2)41-42-84-36-28-59(29-37-84)87(68(92)93)62-18-10-8-16-60(62)50-13-5-4-6-14-50)65(89)47-94-63-45-52-15-7-9-17-61(52)69(63)30-38-85(39-31-69)40-32-70(54-22-24-57(73)25-23-54)48-86(49-95-70)67(91)53-43-55(71(74,75)76)46-56(44-53)72(77,78)79;;;/h4-10,13-18,20-27,43-44,46,59,63,80H,11-12,19,28-42,45,47-49H2,1-3H3,(H,92,93);3*1H/t63-,70-;;;/m0.../s1. The van der Waals surface area contributed by atoms with Crippen LogP contribution in [-0.2, 0) is 48.9 Å². The number of para-hydroxylation sites is 1. The molecule has 3 fully saturated rings. The van der Waals surface area contributed by atoms with Crippen LogP contribution in [0.15, 0.2) is 146 Å². The molecule has 0 saturated carbocycles. The summed E-state index contributed by atoms with van der Waals surface area (Å²) in [5.41, 5.74) is 0.928. The maximum atomic E-state index is 14.2.